The van der Waals surface area contributed by atoms with Crippen LogP contribution in [-0.4, -0.2) is 23.5 Å². The SMILES string of the molecule is CCOC(=O)/C(CCc1ccccc1Br)=N/O. The molecule has 0 fully saturated rings. The Morgan fingerprint density at radius 1 is 1.47 bits per heavy atom. The Hall–Kier alpha value is -1.36. The van der Waals surface area contributed by atoms with Gasteiger partial charge in [0.25, 0.3) is 0 Å². The normalized spacial score (nSPS) is 11.3. The standard InChI is InChI=1S/C12H14BrNO3/c1-2-17-12(15)11(14-16)8-7-9-5-3-4-6-10(9)13/h3-6,16H,2,7-8H2,1H3/b14-11+. The number of aryl methyl sites for hydroxylation is 1. The predicted octanol–water partition coefficient (Wildman–Crippen LogP) is 2.78. The van der Waals surface area contributed by atoms with Crippen LogP contribution in [0.25, 0.3) is 0 Å². The molecule has 0 radical (unpaired) electrons. The maximum absolute atomic E-state index is 11.4. The first-order valence-corrected chi connectivity index (χ1v) is 6.09. The number of hydrogen-bond donors (Lipinski definition) is 1. The van der Waals surface area contributed by atoms with E-state index >= 15 is 0 Å². The molecule has 0 aliphatic carbocycles. The van der Waals surface area contributed by atoms with E-state index in [4.69, 9.17) is 9.94 Å². The molecular formula is C12H14BrNO3. The van der Waals surface area contributed by atoms with Gasteiger partial charge in [0.2, 0.25) is 0 Å². The number of benzene rings is 1. The number of ether oxygens (including phenoxy) is 1. The van der Waals surface area contributed by atoms with E-state index in [1.54, 1.807) is 6.92 Å². The van der Waals surface area contributed by atoms with Crippen LogP contribution in [0.3, 0.4) is 0 Å². The molecule has 1 aromatic rings. The Morgan fingerprint density at radius 2 is 2.18 bits per heavy atom. The summed E-state index contributed by atoms with van der Waals surface area (Å²) in [7, 11) is 0. The highest BCUT2D eigenvalue weighted by atomic mass is 79.9. The molecule has 0 spiro atoms. The molecule has 5 heteroatoms. The number of esters is 1. The Kier molecular flexibility index (Phi) is 5.69. The van der Waals surface area contributed by atoms with Crippen molar-refractivity contribution in [1.82, 2.24) is 0 Å². The van der Waals surface area contributed by atoms with Crippen LogP contribution in [0.4, 0.5) is 0 Å². The third-order valence-corrected chi connectivity index (χ3v) is 2.99. The minimum atomic E-state index is -0.568. The predicted molar refractivity (Wildman–Crippen MR) is 68.3 cm³/mol. The summed E-state index contributed by atoms with van der Waals surface area (Å²) in [6.07, 6.45) is 0.956. The van der Waals surface area contributed by atoms with Crippen LogP contribution in [0.2, 0.25) is 0 Å². The monoisotopic (exact) mass is 299 g/mol. The summed E-state index contributed by atoms with van der Waals surface area (Å²) in [4.78, 5) is 11.4. The van der Waals surface area contributed by atoms with Gasteiger partial charge in [0, 0.05) is 10.9 Å². The topological polar surface area (TPSA) is 58.9 Å². The van der Waals surface area contributed by atoms with Crippen LogP contribution < -0.4 is 0 Å². The fraction of sp³-hybridized carbons (Fsp3) is 0.333. The Bertz CT molecular complexity index is 418. The number of carbonyl (C=O) groups is 1. The molecule has 0 aliphatic rings. The minimum absolute atomic E-state index is 0.0441. The lowest BCUT2D eigenvalue weighted by Gasteiger charge is -2.05. The van der Waals surface area contributed by atoms with Crippen molar-refractivity contribution >= 4 is 27.6 Å². The first-order chi connectivity index (χ1) is 8.19. The van der Waals surface area contributed by atoms with E-state index in [0.29, 0.717) is 12.8 Å². The first-order valence-electron chi connectivity index (χ1n) is 5.30. The molecule has 0 aromatic heterocycles. The second-order valence-corrected chi connectivity index (χ2v) is 4.21. The Labute approximate surface area is 108 Å². The van der Waals surface area contributed by atoms with Crippen molar-refractivity contribution in [3.63, 3.8) is 0 Å². The molecule has 0 atom stereocenters. The molecule has 0 unspecified atom stereocenters. The van der Waals surface area contributed by atoms with Crippen LogP contribution in [0.1, 0.15) is 18.9 Å². The van der Waals surface area contributed by atoms with Crippen LogP contribution in [0, 0.1) is 0 Å². The van der Waals surface area contributed by atoms with Gasteiger partial charge in [0.05, 0.1) is 6.61 Å². The summed E-state index contributed by atoms with van der Waals surface area (Å²) in [6, 6.07) is 7.71. The van der Waals surface area contributed by atoms with Crippen molar-refractivity contribution in [1.29, 1.82) is 0 Å². The van der Waals surface area contributed by atoms with Gasteiger partial charge >= 0.3 is 5.97 Å². The first kappa shape index (κ1) is 13.7. The molecule has 1 N–H and O–H groups in total. The highest BCUT2D eigenvalue weighted by Crippen LogP contribution is 2.17. The average Bonchev–Trinajstić information content (AvgIpc) is 2.32. The highest BCUT2D eigenvalue weighted by molar-refractivity contribution is 9.10. The highest BCUT2D eigenvalue weighted by Gasteiger charge is 2.13. The van der Waals surface area contributed by atoms with Crippen LogP contribution in [0.5, 0.6) is 0 Å². The van der Waals surface area contributed by atoms with Crippen molar-refractivity contribution in [3.05, 3.63) is 34.3 Å². The summed E-state index contributed by atoms with van der Waals surface area (Å²) in [6.45, 7) is 1.98. The van der Waals surface area contributed by atoms with Gasteiger partial charge in [-0.15, -0.1) is 0 Å². The van der Waals surface area contributed by atoms with Crippen molar-refractivity contribution in [2.24, 2.45) is 5.16 Å². The van der Waals surface area contributed by atoms with E-state index in [2.05, 4.69) is 21.1 Å². The molecule has 1 aromatic carbocycles. The lowest BCUT2D eigenvalue weighted by molar-refractivity contribution is -0.135. The summed E-state index contributed by atoms with van der Waals surface area (Å²) in [5.41, 5.74) is 1.10. The van der Waals surface area contributed by atoms with Gasteiger partial charge in [-0.2, -0.15) is 0 Å². The summed E-state index contributed by atoms with van der Waals surface area (Å²) in [5.74, 6) is -0.568. The van der Waals surface area contributed by atoms with Crippen LogP contribution >= 0.6 is 15.9 Å². The van der Waals surface area contributed by atoms with Gasteiger partial charge in [-0.05, 0) is 25.0 Å². The van der Waals surface area contributed by atoms with E-state index in [9.17, 15) is 4.79 Å². The average molecular weight is 300 g/mol. The van der Waals surface area contributed by atoms with Crippen molar-refractivity contribution in [2.75, 3.05) is 6.61 Å². The molecular weight excluding hydrogens is 286 g/mol. The quantitative estimate of drug-likeness (QED) is 0.394. The smallest absolute Gasteiger partial charge is 0.356 e. The zero-order valence-electron chi connectivity index (χ0n) is 9.52. The third-order valence-electron chi connectivity index (χ3n) is 2.22. The van der Waals surface area contributed by atoms with Gasteiger partial charge < -0.3 is 9.94 Å². The van der Waals surface area contributed by atoms with E-state index in [-0.39, 0.29) is 12.3 Å². The molecule has 0 bridgehead atoms. The molecule has 0 aliphatic heterocycles. The summed E-state index contributed by atoms with van der Waals surface area (Å²) in [5, 5.41) is 11.7. The lowest BCUT2D eigenvalue weighted by Crippen LogP contribution is -2.18. The van der Waals surface area contributed by atoms with Gasteiger partial charge in [-0.1, -0.05) is 39.3 Å². The van der Waals surface area contributed by atoms with Gasteiger partial charge in [0.1, 0.15) is 0 Å². The number of oxime groups is 1. The molecule has 0 amide bonds. The molecule has 0 heterocycles. The number of halogens is 1. The maximum atomic E-state index is 11.4. The minimum Gasteiger partial charge on any atom is -0.461 e. The molecule has 17 heavy (non-hydrogen) atoms. The van der Waals surface area contributed by atoms with E-state index < -0.39 is 5.97 Å². The third kappa shape index (κ3) is 4.19. The number of carbonyl (C=O) groups excluding carboxylic acids is 1. The van der Waals surface area contributed by atoms with Crippen LogP contribution in [-0.2, 0) is 16.0 Å². The zero-order chi connectivity index (χ0) is 12.7. The van der Waals surface area contributed by atoms with Crippen molar-refractivity contribution in [2.45, 2.75) is 19.8 Å². The summed E-state index contributed by atoms with van der Waals surface area (Å²) < 4.78 is 5.75. The number of nitrogens with zero attached hydrogens (tertiary/aromatic N) is 1. The molecule has 0 saturated heterocycles. The lowest BCUT2D eigenvalue weighted by atomic mass is 10.1. The Balaban J connectivity index is 2.60. The molecule has 92 valence electrons. The second-order valence-electron chi connectivity index (χ2n) is 3.36. The van der Waals surface area contributed by atoms with E-state index in [1.807, 2.05) is 24.3 Å². The van der Waals surface area contributed by atoms with Gasteiger partial charge in [-0.3, -0.25) is 0 Å². The molecule has 0 saturated carbocycles. The van der Waals surface area contributed by atoms with Gasteiger partial charge in [0.15, 0.2) is 5.71 Å². The molecule has 4 nitrogen and oxygen atoms in total. The molecule has 1 rings (SSSR count). The maximum Gasteiger partial charge on any atom is 0.356 e. The fourth-order valence-electron chi connectivity index (χ4n) is 1.36. The van der Waals surface area contributed by atoms with E-state index in [0.717, 1.165) is 10.0 Å². The second kappa shape index (κ2) is 7.06. The number of hydrogen-bond acceptors (Lipinski definition) is 4. The van der Waals surface area contributed by atoms with Crippen molar-refractivity contribution < 1.29 is 14.7 Å². The largest absolute Gasteiger partial charge is 0.461 e. The summed E-state index contributed by atoms with van der Waals surface area (Å²) >= 11 is 3.42. The van der Waals surface area contributed by atoms with E-state index in [1.165, 1.54) is 0 Å². The van der Waals surface area contributed by atoms with Crippen LogP contribution in [0.15, 0.2) is 33.9 Å². The Morgan fingerprint density at radius 3 is 2.76 bits per heavy atom. The zero-order valence-corrected chi connectivity index (χ0v) is 11.1. The van der Waals surface area contributed by atoms with Gasteiger partial charge in [-0.25, -0.2) is 4.79 Å². The number of rotatable bonds is 5. The van der Waals surface area contributed by atoms with Crippen molar-refractivity contribution in [3.8, 4) is 0 Å². The fourth-order valence-corrected chi connectivity index (χ4v) is 1.84.